The van der Waals surface area contributed by atoms with Crippen molar-refractivity contribution in [2.45, 2.75) is 66.0 Å². The van der Waals surface area contributed by atoms with E-state index in [1.165, 1.54) is 30.4 Å². The molecule has 1 heterocycles. The Hall–Kier alpha value is -1.68. The van der Waals surface area contributed by atoms with E-state index in [0.717, 1.165) is 11.8 Å². The Kier molecular flexibility index (Phi) is 5.89. The minimum Gasteiger partial charge on any atom is -0.424 e. The quantitative estimate of drug-likeness (QED) is 0.839. The minimum atomic E-state index is 0.551. The number of aromatic nitrogens is 2. The molecule has 1 N–H and O–H groups in total. The average molecular weight is 341 g/mol. The van der Waals surface area contributed by atoms with Crippen LogP contribution in [-0.2, 0) is 13.0 Å². The Morgan fingerprint density at radius 3 is 2.68 bits per heavy atom. The largest absolute Gasteiger partial charge is 0.424 e. The molecule has 4 nitrogen and oxygen atoms in total. The molecule has 0 bridgehead atoms. The number of hydrogen-bond donors (Lipinski definition) is 1. The first-order chi connectivity index (χ1) is 12.0. The highest BCUT2D eigenvalue weighted by Crippen LogP contribution is 2.33. The minimum absolute atomic E-state index is 0.551. The van der Waals surface area contributed by atoms with Crippen molar-refractivity contribution in [1.29, 1.82) is 0 Å². The van der Waals surface area contributed by atoms with Crippen LogP contribution in [0.2, 0.25) is 0 Å². The summed E-state index contributed by atoms with van der Waals surface area (Å²) in [7, 11) is 0. The van der Waals surface area contributed by atoms with Crippen LogP contribution in [0.15, 0.2) is 28.7 Å². The van der Waals surface area contributed by atoms with E-state index in [4.69, 9.17) is 4.42 Å². The molecule has 0 amide bonds. The fourth-order valence-electron chi connectivity index (χ4n) is 4.06. The van der Waals surface area contributed by atoms with Crippen LogP contribution < -0.4 is 5.32 Å². The van der Waals surface area contributed by atoms with Gasteiger partial charge in [-0.1, -0.05) is 51.5 Å². The van der Waals surface area contributed by atoms with Crippen LogP contribution in [0, 0.1) is 24.7 Å². The maximum absolute atomic E-state index is 5.87. The third kappa shape index (κ3) is 4.69. The van der Waals surface area contributed by atoms with E-state index in [-0.39, 0.29) is 0 Å². The number of nitrogens with one attached hydrogen (secondary N) is 1. The van der Waals surface area contributed by atoms with Gasteiger partial charge in [-0.05, 0) is 48.6 Å². The van der Waals surface area contributed by atoms with Gasteiger partial charge in [-0.3, -0.25) is 0 Å². The van der Waals surface area contributed by atoms with Crippen LogP contribution in [0.4, 0.5) is 0 Å². The van der Waals surface area contributed by atoms with Gasteiger partial charge in [0.1, 0.15) is 0 Å². The first-order valence-electron chi connectivity index (χ1n) is 9.62. The average Bonchev–Trinajstić information content (AvgIpc) is 3.02. The molecule has 136 valence electrons. The molecule has 3 atom stereocenters. The molecule has 0 radical (unpaired) electrons. The van der Waals surface area contributed by atoms with Gasteiger partial charge in [-0.25, -0.2) is 0 Å². The topological polar surface area (TPSA) is 51.0 Å². The number of hydrogen-bond acceptors (Lipinski definition) is 4. The first kappa shape index (κ1) is 18.1. The van der Waals surface area contributed by atoms with Gasteiger partial charge < -0.3 is 9.73 Å². The second kappa shape index (κ2) is 8.13. The van der Waals surface area contributed by atoms with Crippen molar-refractivity contribution in [2.75, 3.05) is 0 Å². The van der Waals surface area contributed by atoms with Crippen LogP contribution in [0.5, 0.6) is 0 Å². The van der Waals surface area contributed by atoms with Gasteiger partial charge >= 0.3 is 0 Å². The van der Waals surface area contributed by atoms with E-state index in [0.29, 0.717) is 36.7 Å². The third-order valence-electron chi connectivity index (χ3n) is 5.65. The zero-order valence-electron chi connectivity index (χ0n) is 16.0. The van der Waals surface area contributed by atoms with Gasteiger partial charge in [0.25, 0.3) is 0 Å². The fourth-order valence-corrected chi connectivity index (χ4v) is 4.06. The fraction of sp³-hybridized carbons (Fsp3) is 0.619. The molecule has 1 aliphatic rings. The van der Waals surface area contributed by atoms with E-state index in [1.54, 1.807) is 0 Å². The highest BCUT2D eigenvalue weighted by molar-refractivity contribution is 5.27. The van der Waals surface area contributed by atoms with E-state index in [9.17, 15) is 0 Å². The van der Waals surface area contributed by atoms with Crippen LogP contribution >= 0.6 is 0 Å². The Labute approximate surface area is 151 Å². The lowest BCUT2D eigenvalue weighted by Crippen LogP contribution is -2.42. The molecule has 0 saturated heterocycles. The van der Waals surface area contributed by atoms with Crippen LogP contribution in [0.25, 0.3) is 0 Å². The Morgan fingerprint density at radius 1 is 1.16 bits per heavy atom. The van der Waals surface area contributed by atoms with Crippen LogP contribution in [0.3, 0.4) is 0 Å². The Bertz CT molecular complexity index is 679. The molecular formula is C21H31N3O. The highest BCUT2D eigenvalue weighted by atomic mass is 16.4. The molecule has 25 heavy (non-hydrogen) atoms. The summed E-state index contributed by atoms with van der Waals surface area (Å²) >= 11 is 0. The summed E-state index contributed by atoms with van der Waals surface area (Å²) in [6, 6.07) is 8.89. The molecule has 0 unspecified atom stereocenters. The summed E-state index contributed by atoms with van der Waals surface area (Å²) in [5.74, 6) is 3.65. The Morgan fingerprint density at radius 2 is 1.92 bits per heavy atom. The molecule has 1 fully saturated rings. The summed E-state index contributed by atoms with van der Waals surface area (Å²) < 4.78 is 5.87. The van der Waals surface area contributed by atoms with E-state index in [2.05, 4.69) is 67.5 Å². The predicted octanol–water partition coefficient (Wildman–Crippen LogP) is 4.52. The highest BCUT2D eigenvalue weighted by Gasteiger charge is 2.30. The molecule has 3 rings (SSSR count). The number of aryl methyl sites for hydroxylation is 1. The molecule has 1 aromatic heterocycles. The lowest BCUT2D eigenvalue weighted by atomic mass is 9.74. The van der Waals surface area contributed by atoms with E-state index in [1.807, 2.05) is 0 Å². The van der Waals surface area contributed by atoms with Crippen molar-refractivity contribution in [3.8, 4) is 0 Å². The van der Waals surface area contributed by atoms with E-state index < -0.39 is 0 Å². The first-order valence-corrected chi connectivity index (χ1v) is 9.62. The predicted molar refractivity (Wildman–Crippen MR) is 100 cm³/mol. The lowest BCUT2D eigenvalue weighted by Gasteiger charge is -2.37. The standard InChI is InChI=1S/C21H31N3O/c1-14(2)18-10-9-15(3)11-19(18)22-13-21-24-23-20(25-21)12-17-8-6-5-7-16(17)4/h5-8,14-15,18-19,22H,9-13H2,1-4H3/t15-,18+,19-/m1/s1. The summed E-state index contributed by atoms with van der Waals surface area (Å²) in [6.45, 7) is 9.81. The van der Waals surface area contributed by atoms with Crippen molar-refractivity contribution in [2.24, 2.45) is 17.8 Å². The molecule has 1 saturated carbocycles. The van der Waals surface area contributed by atoms with Crippen molar-refractivity contribution in [3.05, 3.63) is 47.2 Å². The van der Waals surface area contributed by atoms with Crippen LogP contribution in [0.1, 0.15) is 62.9 Å². The molecular weight excluding hydrogens is 310 g/mol. The molecule has 1 aromatic carbocycles. The summed E-state index contributed by atoms with van der Waals surface area (Å²) in [4.78, 5) is 0. The monoisotopic (exact) mass is 341 g/mol. The lowest BCUT2D eigenvalue weighted by molar-refractivity contribution is 0.166. The molecule has 0 spiro atoms. The number of benzene rings is 1. The van der Waals surface area contributed by atoms with Gasteiger partial charge in [0.05, 0.1) is 13.0 Å². The summed E-state index contributed by atoms with van der Waals surface area (Å²) in [5.41, 5.74) is 2.50. The zero-order valence-corrected chi connectivity index (χ0v) is 16.0. The van der Waals surface area contributed by atoms with Gasteiger partial charge in [0, 0.05) is 6.04 Å². The van der Waals surface area contributed by atoms with E-state index >= 15 is 0 Å². The molecule has 1 aliphatic carbocycles. The van der Waals surface area contributed by atoms with Crippen molar-refractivity contribution in [3.63, 3.8) is 0 Å². The maximum Gasteiger partial charge on any atom is 0.230 e. The molecule has 2 aromatic rings. The van der Waals surface area contributed by atoms with Gasteiger partial charge in [-0.15, -0.1) is 10.2 Å². The Balaban J connectivity index is 1.58. The summed E-state index contributed by atoms with van der Waals surface area (Å²) in [6.07, 6.45) is 4.61. The van der Waals surface area contributed by atoms with Crippen molar-refractivity contribution >= 4 is 0 Å². The SMILES string of the molecule is Cc1ccccc1Cc1nnc(CN[C@@H]2C[C@H](C)CC[C@H]2C(C)C)o1. The number of nitrogens with zero attached hydrogens (tertiary/aromatic N) is 2. The zero-order chi connectivity index (χ0) is 17.8. The number of rotatable bonds is 6. The maximum atomic E-state index is 5.87. The van der Waals surface area contributed by atoms with Crippen LogP contribution in [-0.4, -0.2) is 16.2 Å². The second-order valence-corrected chi connectivity index (χ2v) is 8.01. The smallest absolute Gasteiger partial charge is 0.230 e. The molecule has 0 aliphatic heterocycles. The van der Waals surface area contributed by atoms with Crippen molar-refractivity contribution in [1.82, 2.24) is 15.5 Å². The second-order valence-electron chi connectivity index (χ2n) is 8.01. The van der Waals surface area contributed by atoms with Crippen molar-refractivity contribution < 1.29 is 4.42 Å². The molecule has 4 heteroatoms. The normalized spacial score (nSPS) is 24.0. The summed E-state index contributed by atoms with van der Waals surface area (Å²) in [5, 5.41) is 12.2. The van der Waals surface area contributed by atoms with Gasteiger partial charge in [0.15, 0.2) is 0 Å². The third-order valence-corrected chi connectivity index (χ3v) is 5.65. The van der Waals surface area contributed by atoms with Gasteiger partial charge in [-0.2, -0.15) is 0 Å². The van der Waals surface area contributed by atoms with Gasteiger partial charge in [0.2, 0.25) is 11.8 Å².